The van der Waals surface area contributed by atoms with E-state index in [9.17, 15) is 13.2 Å². The third kappa shape index (κ3) is 5.95. The fourth-order valence-corrected chi connectivity index (χ4v) is 7.03. The molecule has 0 bridgehead atoms. The summed E-state index contributed by atoms with van der Waals surface area (Å²) in [6.45, 7) is 5.72. The molecule has 10 heteroatoms. The second-order valence-electron chi connectivity index (χ2n) is 11.5. The van der Waals surface area contributed by atoms with Crippen molar-refractivity contribution in [3.05, 3.63) is 78.6 Å². The molecule has 0 atom stereocenters. The van der Waals surface area contributed by atoms with Crippen molar-refractivity contribution >= 4 is 26.7 Å². The zero-order valence-corrected chi connectivity index (χ0v) is 24.6. The number of imidazole rings is 1. The molecule has 0 spiro atoms. The Morgan fingerprint density at radius 1 is 0.927 bits per heavy atom. The molecule has 0 N–H and O–H groups in total. The Bertz CT molecular complexity index is 1640. The minimum absolute atomic E-state index is 0.0749. The van der Waals surface area contributed by atoms with Crippen LogP contribution in [-0.2, 0) is 23.1 Å². The van der Waals surface area contributed by atoms with Gasteiger partial charge in [0, 0.05) is 70.0 Å². The molecule has 0 radical (unpaired) electrons. The van der Waals surface area contributed by atoms with E-state index in [0.29, 0.717) is 25.6 Å². The minimum atomic E-state index is -3.14. The van der Waals surface area contributed by atoms with Crippen LogP contribution in [0.25, 0.3) is 21.9 Å². The van der Waals surface area contributed by atoms with Crippen LogP contribution in [-0.4, -0.2) is 95.1 Å². The molecule has 0 unspecified atom stereocenters. The Balaban J connectivity index is 1.28. The Morgan fingerprint density at radius 3 is 2.41 bits per heavy atom. The van der Waals surface area contributed by atoms with Crippen molar-refractivity contribution in [2.24, 2.45) is 5.92 Å². The van der Waals surface area contributed by atoms with E-state index in [2.05, 4.69) is 62.6 Å². The predicted molar refractivity (Wildman–Crippen MR) is 161 cm³/mol. The molecule has 9 nitrogen and oxygen atoms in total. The number of carbonyl (C=O) groups is 1. The van der Waals surface area contributed by atoms with Crippen LogP contribution < -0.4 is 0 Å². The smallest absolute Gasteiger partial charge is 0.256 e. The van der Waals surface area contributed by atoms with Gasteiger partial charge >= 0.3 is 0 Å². The average molecular weight is 575 g/mol. The molecule has 4 aromatic rings. The Labute approximate surface area is 242 Å². The number of rotatable bonds is 7. The molecule has 216 valence electrons. The molecule has 2 aliphatic heterocycles. The van der Waals surface area contributed by atoms with Gasteiger partial charge in [0.15, 0.2) is 0 Å². The molecule has 2 fully saturated rings. The van der Waals surface area contributed by atoms with E-state index in [-0.39, 0.29) is 5.91 Å². The van der Waals surface area contributed by atoms with E-state index in [4.69, 9.17) is 0 Å². The van der Waals surface area contributed by atoms with E-state index < -0.39 is 10.0 Å². The zero-order valence-electron chi connectivity index (χ0n) is 23.8. The first kappa shape index (κ1) is 27.7. The lowest BCUT2D eigenvalue weighted by molar-refractivity contribution is 0.0665. The van der Waals surface area contributed by atoms with E-state index in [1.807, 2.05) is 35.8 Å². The van der Waals surface area contributed by atoms with Crippen molar-refractivity contribution in [2.75, 3.05) is 52.6 Å². The highest BCUT2D eigenvalue weighted by molar-refractivity contribution is 7.88. The Kier molecular flexibility index (Phi) is 7.72. The summed E-state index contributed by atoms with van der Waals surface area (Å²) in [6, 6.07) is 14.6. The van der Waals surface area contributed by atoms with Gasteiger partial charge in [0.25, 0.3) is 5.91 Å². The van der Waals surface area contributed by atoms with Crippen molar-refractivity contribution in [2.45, 2.75) is 25.9 Å². The molecule has 0 saturated carbocycles. The molecular formula is C31H38N6O3S. The number of likely N-dealkylation sites (N-methyl/N-ethyl adjacent to an activating group) is 1. The van der Waals surface area contributed by atoms with E-state index in [1.54, 1.807) is 4.31 Å². The standard InChI is InChI=1S/C31H38N6O3S/c1-33-14-16-35(17-15-33)31(38)30-22-34(21-29(30)28-9-5-7-25-6-3-4-8-27(25)28)20-26-18-32-23-36(26)19-24-10-12-37(13-11-24)41(2,39)40/h3-9,18,21-24H,10-17,19-20H2,1-2H3. The summed E-state index contributed by atoms with van der Waals surface area (Å²) in [5.41, 5.74) is 3.80. The molecule has 2 saturated heterocycles. The number of nitrogens with zero attached hydrogens (tertiary/aromatic N) is 6. The molecule has 2 aromatic heterocycles. The van der Waals surface area contributed by atoms with Crippen LogP contribution in [0.1, 0.15) is 28.9 Å². The molecule has 2 aromatic carbocycles. The monoisotopic (exact) mass is 574 g/mol. The highest BCUT2D eigenvalue weighted by Crippen LogP contribution is 2.33. The van der Waals surface area contributed by atoms with E-state index in [1.165, 1.54) is 6.26 Å². The quantitative estimate of drug-likeness (QED) is 0.337. The molecule has 6 rings (SSSR count). The van der Waals surface area contributed by atoms with Crippen LogP contribution in [0.2, 0.25) is 0 Å². The first-order valence-corrected chi connectivity index (χ1v) is 16.2. The molecule has 4 heterocycles. The Hall–Kier alpha value is -3.47. The molecule has 0 aliphatic carbocycles. The largest absolute Gasteiger partial charge is 0.347 e. The van der Waals surface area contributed by atoms with Crippen LogP contribution >= 0.6 is 0 Å². The second-order valence-corrected chi connectivity index (χ2v) is 13.5. The summed E-state index contributed by atoms with van der Waals surface area (Å²) in [4.78, 5) is 22.6. The Morgan fingerprint density at radius 2 is 1.66 bits per heavy atom. The first-order valence-electron chi connectivity index (χ1n) is 14.4. The van der Waals surface area contributed by atoms with Gasteiger partial charge in [0.2, 0.25) is 10.0 Å². The third-order valence-electron chi connectivity index (χ3n) is 8.62. The van der Waals surface area contributed by atoms with Crippen LogP contribution in [0.5, 0.6) is 0 Å². The summed E-state index contributed by atoms with van der Waals surface area (Å²) >= 11 is 0. The number of benzene rings is 2. The molecule has 1 amide bonds. The number of fused-ring (bicyclic) bond motifs is 1. The number of piperidine rings is 1. The summed E-state index contributed by atoms with van der Waals surface area (Å²) in [6.07, 6.45) is 10.8. The number of aromatic nitrogens is 3. The normalized spacial score (nSPS) is 17.9. The van der Waals surface area contributed by atoms with Gasteiger partial charge in [-0.3, -0.25) is 4.79 Å². The van der Waals surface area contributed by atoms with Gasteiger partial charge in [-0.1, -0.05) is 42.5 Å². The number of sulfonamides is 1. The fourth-order valence-electron chi connectivity index (χ4n) is 6.16. The fraction of sp³-hybridized carbons (Fsp3) is 0.419. The van der Waals surface area contributed by atoms with E-state index in [0.717, 1.165) is 78.7 Å². The first-order chi connectivity index (χ1) is 19.8. The maximum Gasteiger partial charge on any atom is 0.256 e. The summed E-state index contributed by atoms with van der Waals surface area (Å²) in [7, 11) is -1.04. The lowest BCUT2D eigenvalue weighted by Crippen LogP contribution is -2.47. The van der Waals surface area contributed by atoms with Gasteiger partial charge in [-0.05, 0) is 42.1 Å². The van der Waals surface area contributed by atoms with Crippen LogP contribution in [0.4, 0.5) is 0 Å². The maximum absolute atomic E-state index is 13.9. The summed E-state index contributed by atoms with van der Waals surface area (Å²) < 4.78 is 29.7. The number of carbonyl (C=O) groups excluding carboxylic acids is 1. The van der Waals surface area contributed by atoms with Crippen LogP contribution in [0.15, 0.2) is 67.4 Å². The SMILES string of the molecule is CN1CCN(C(=O)c2cn(Cc3cncn3CC3CCN(S(C)(=O)=O)CC3)cc2-c2cccc3ccccc23)CC1. The lowest BCUT2D eigenvalue weighted by Gasteiger charge is -2.32. The predicted octanol–water partition coefficient (Wildman–Crippen LogP) is 3.61. The average Bonchev–Trinajstić information content (AvgIpc) is 3.59. The number of amides is 1. The number of piperazine rings is 1. The summed E-state index contributed by atoms with van der Waals surface area (Å²) in [5.74, 6) is 0.470. The second kappa shape index (κ2) is 11.4. The molecular weight excluding hydrogens is 536 g/mol. The molecule has 41 heavy (non-hydrogen) atoms. The van der Waals surface area contributed by atoms with Gasteiger partial charge in [-0.15, -0.1) is 0 Å². The summed E-state index contributed by atoms with van der Waals surface area (Å²) in [5, 5.41) is 2.28. The van der Waals surface area contributed by atoms with E-state index >= 15 is 0 Å². The van der Waals surface area contributed by atoms with Gasteiger partial charge in [-0.2, -0.15) is 0 Å². The van der Waals surface area contributed by atoms with Crippen molar-refractivity contribution in [1.29, 1.82) is 0 Å². The maximum atomic E-state index is 13.9. The van der Waals surface area contributed by atoms with Crippen molar-refractivity contribution in [3.63, 3.8) is 0 Å². The topological polar surface area (TPSA) is 83.7 Å². The van der Waals surface area contributed by atoms with Gasteiger partial charge in [0.1, 0.15) is 0 Å². The van der Waals surface area contributed by atoms with Crippen LogP contribution in [0.3, 0.4) is 0 Å². The number of hydrogen-bond acceptors (Lipinski definition) is 5. The van der Waals surface area contributed by atoms with Gasteiger partial charge in [0.05, 0.1) is 30.4 Å². The number of hydrogen-bond donors (Lipinski definition) is 0. The van der Waals surface area contributed by atoms with Crippen LogP contribution in [0, 0.1) is 5.92 Å². The highest BCUT2D eigenvalue weighted by atomic mass is 32.2. The zero-order chi connectivity index (χ0) is 28.6. The van der Waals surface area contributed by atoms with Crippen molar-refractivity contribution < 1.29 is 13.2 Å². The highest BCUT2D eigenvalue weighted by Gasteiger charge is 2.27. The van der Waals surface area contributed by atoms with Gasteiger partial charge in [-0.25, -0.2) is 17.7 Å². The van der Waals surface area contributed by atoms with Crippen molar-refractivity contribution in [1.82, 2.24) is 28.2 Å². The third-order valence-corrected chi connectivity index (χ3v) is 9.92. The van der Waals surface area contributed by atoms with Gasteiger partial charge < -0.3 is 18.9 Å². The lowest BCUT2D eigenvalue weighted by atomic mass is 9.97. The van der Waals surface area contributed by atoms with Crippen molar-refractivity contribution in [3.8, 4) is 11.1 Å². The molecule has 2 aliphatic rings. The minimum Gasteiger partial charge on any atom is -0.347 e.